The summed E-state index contributed by atoms with van der Waals surface area (Å²) in [5.41, 5.74) is 8.28. The molecule has 92 valence electrons. The zero-order valence-electron chi connectivity index (χ0n) is 10.1. The Bertz CT molecular complexity index is 682. The van der Waals surface area contributed by atoms with Gasteiger partial charge in [0, 0.05) is 23.6 Å². The van der Waals surface area contributed by atoms with Gasteiger partial charge in [-0.15, -0.1) is 0 Å². The maximum absolute atomic E-state index is 5.86. The second kappa shape index (κ2) is 4.31. The van der Waals surface area contributed by atoms with Crippen LogP contribution in [0.1, 0.15) is 18.2 Å². The van der Waals surface area contributed by atoms with E-state index in [9.17, 15) is 0 Å². The highest BCUT2D eigenvalue weighted by atomic mass is 16.5. The Kier molecular flexibility index (Phi) is 2.64. The van der Waals surface area contributed by atoms with Crippen molar-refractivity contribution < 1.29 is 8.94 Å². The summed E-state index contributed by atoms with van der Waals surface area (Å²) >= 11 is 0. The molecule has 0 aliphatic heterocycles. The van der Waals surface area contributed by atoms with E-state index < -0.39 is 0 Å². The summed E-state index contributed by atoms with van der Waals surface area (Å²) in [7, 11) is 0. The number of hydrogen-bond donors (Lipinski definition) is 1. The van der Waals surface area contributed by atoms with Crippen molar-refractivity contribution in [2.24, 2.45) is 5.73 Å². The van der Waals surface area contributed by atoms with E-state index in [0.29, 0.717) is 12.3 Å². The number of nitrogens with zero attached hydrogens (tertiary/aromatic N) is 1. The molecular weight excluding hydrogens is 228 g/mol. The van der Waals surface area contributed by atoms with Crippen molar-refractivity contribution in [1.82, 2.24) is 5.16 Å². The Labute approximate surface area is 104 Å². The van der Waals surface area contributed by atoms with E-state index in [0.717, 1.165) is 34.4 Å². The van der Waals surface area contributed by atoms with Gasteiger partial charge in [0.05, 0.1) is 5.69 Å². The highest BCUT2D eigenvalue weighted by Crippen LogP contribution is 2.34. The van der Waals surface area contributed by atoms with Gasteiger partial charge in [-0.25, -0.2) is 0 Å². The van der Waals surface area contributed by atoms with Gasteiger partial charge in [0.25, 0.3) is 0 Å². The van der Waals surface area contributed by atoms with E-state index in [1.54, 1.807) is 0 Å². The molecule has 0 radical (unpaired) electrons. The number of aryl methyl sites for hydroxylation is 1. The van der Waals surface area contributed by atoms with E-state index in [1.807, 2.05) is 24.3 Å². The fraction of sp³-hybridized carbons (Fsp3) is 0.214. The average molecular weight is 242 g/mol. The maximum Gasteiger partial charge on any atom is 0.202 e. The van der Waals surface area contributed by atoms with Gasteiger partial charge in [0.15, 0.2) is 5.76 Å². The Balaban J connectivity index is 2.21. The molecule has 0 aliphatic carbocycles. The van der Waals surface area contributed by atoms with Gasteiger partial charge in [-0.2, -0.15) is 0 Å². The molecule has 4 heteroatoms. The standard InChI is InChI=1S/C14H14N2O2/c1-2-10-11-5-3-4-6-12(11)17-14(10)13-7-9(8-15)16-18-13/h3-7H,2,8,15H2,1H3. The van der Waals surface area contributed by atoms with Crippen LogP contribution in [0.2, 0.25) is 0 Å². The molecule has 0 fully saturated rings. The first-order chi connectivity index (χ1) is 8.83. The lowest BCUT2D eigenvalue weighted by molar-refractivity contribution is 0.413. The fourth-order valence-corrected chi connectivity index (χ4v) is 2.16. The molecule has 2 heterocycles. The molecule has 0 saturated heterocycles. The first kappa shape index (κ1) is 11.0. The number of nitrogens with two attached hydrogens (primary N) is 1. The van der Waals surface area contributed by atoms with Crippen LogP contribution in [-0.4, -0.2) is 5.16 Å². The van der Waals surface area contributed by atoms with E-state index in [1.165, 1.54) is 0 Å². The highest BCUT2D eigenvalue weighted by Gasteiger charge is 2.17. The minimum absolute atomic E-state index is 0.366. The van der Waals surface area contributed by atoms with Gasteiger partial charge in [0.2, 0.25) is 5.76 Å². The third kappa shape index (κ3) is 1.62. The lowest BCUT2D eigenvalue weighted by atomic mass is 10.1. The minimum Gasteiger partial charge on any atom is -0.452 e. The Hall–Kier alpha value is -2.07. The maximum atomic E-state index is 5.86. The molecule has 3 aromatic rings. The van der Waals surface area contributed by atoms with Gasteiger partial charge in [-0.3, -0.25) is 0 Å². The summed E-state index contributed by atoms with van der Waals surface area (Å²) in [6.45, 7) is 2.46. The highest BCUT2D eigenvalue weighted by molar-refractivity contribution is 5.87. The van der Waals surface area contributed by atoms with Crippen molar-refractivity contribution in [3.8, 4) is 11.5 Å². The zero-order chi connectivity index (χ0) is 12.5. The van der Waals surface area contributed by atoms with Gasteiger partial charge in [0.1, 0.15) is 5.58 Å². The molecule has 2 N–H and O–H groups in total. The quantitative estimate of drug-likeness (QED) is 0.766. The van der Waals surface area contributed by atoms with Crippen molar-refractivity contribution in [2.75, 3.05) is 0 Å². The van der Waals surface area contributed by atoms with Crippen LogP contribution in [0, 0.1) is 0 Å². The number of furan rings is 1. The van der Waals surface area contributed by atoms with Gasteiger partial charge >= 0.3 is 0 Å². The molecule has 0 unspecified atom stereocenters. The number of para-hydroxylation sites is 1. The average Bonchev–Trinajstić information content (AvgIpc) is 3.02. The fourth-order valence-electron chi connectivity index (χ4n) is 2.16. The number of rotatable bonds is 3. The summed E-state index contributed by atoms with van der Waals surface area (Å²) in [6, 6.07) is 9.81. The lowest BCUT2D eigenvalue weighted by Crippen LogP contribution is -1.94. The van der Waals surface area contributed by atoms with Crippen LogP contribution in [0.3, 0.4) is 0 Å². The molecule has 0 amide bonds. The summed E-state index contributed by atoms with van der Waals surface area (Å²) < 4.78 is 11.1. The van der Waals surface area contributed by atoms with E-state index in [4.69, 9.17) is 14.7 Å². The molecular formula is C14H14N2O2. The largest absolute Gasteiger partial charge is 0.452 e. The predicted octanol–water partition coefficient (Wildman–Crippen LogP) is 3.11. The van der Waals surface area contributed by atoms with Crippen molar-refractivity contribution in [1.29, 1.82) is 0 Å². The van der Waals surface area contributed by atoms with E-state index >= 15 is 0 Å². The minimum atomic E-state index is 0.366. The Morgan fingerprint density at radius 1 is 1.28 bits per heavy atom. The summed E-state index contributed by atoms with van der Waals surface area (Å²) in [6.07, 6.45) is 0.880. The number of aromatic nitrogens is 1. The van der Waals surface area contributed by atoms with E-state index in [-0.39, 0.29) is 0 Å². The predicted molar refractivity (Wildman–Crippen MR) is 69.0 cm³/mol. The molecule has 0 bridgehead atoms. The summed E-state index contributed by atoms with van der Waals surface area (Å²) in [4.78, 5) is 0. The number of fused-ring (bicyclic) bond motifs is 1. The SMILES string of the molecule is CCc1c(-c2cc(CN)no2)oc2ccccc12. The van der Waals surface area contributed by atoms with Gasteiger partial charge in [-0.1, -0.05) is 30.3 Å². The van der Waals surface area contributed by atoms with Crippen molar-refractivity contribution >= 4 is 11.0 Å². The molecule has 1 aromatic carbocycles. The van der Waals surface area contributed by atoms with Crippen LogP contribution in [0.25, 0.3) is 22.5 Å². The third-order valence-corrected chi connectivity index (χ3v) is 3.04. The topological polar surface area (TPSA) is 65.2 Å². The first-order valence-corrected chi connectivity index (χ1v) is 6.00. The molecule has 2 aromatic heterocycles. The third-order valence-electron chi connectivity index (χ3n) is 3.04. The van der Waals surface area contributed by atoms with Crippen LogP contribution < -0.4 is 5.73 Å². The normalized spacial score (nSPS) is 11.2. The Morgan fingerprint density at radius 2 is 2.11 bits per heavy atom. The monoisotopic (exact) mass is 242 g/mol. The van der Waals surface area contributed by atoms with Crippen LogP contribution in [0.5, 0.6) is 0 Å². The molecule has 0 spiro atoms. The molecule has 18 heavy (non-hydrogen) atoms. The van der Waals surface area contributed by atoms with Crippen molar-refractivity contribution in [3.05, 3.63) is 41.6 Å². The van der Waals surface area contributed by atoms with Crippen LogP contribution in [0.4, 0.5) is 0 Å². The molecule has 0 saturated carbocycles. The van der Waals surface area contributed by atoms with Crippen molar-refractivity contribution in [3.63, 3.8) is 0 Å². The lowest BCUT2D eigenvalue weighted by Gasteiger charge is -1.94. The second-order valence-electron chi connectivity index (χ2n) is 4.15. The van der Waals surface area contributed by atoms with Crippen molar-refractivity contribution in [2.45, 2.75) is 19.9 Å². The van der Waals surface area contributed by atoms with Crippen LogP contribution >= 0.6 is 0 Å². The summed E-state index contributed by atoms with van der Waals surface area (Å²) in [5, 5.41) is 5.02. The van der Waals surface area contributed by atoms with Gasteiger partial charge in [-0.05, 0) is 12.5 Å². The smallest absolute Gasteiger partial charge is 0.202 e. The molecule has 3 rings (SSSR count). The molecule has 0 aliphatic rings. The first-order valence-electron chi connectivity index (χ1n) is 6.00. The number of benzene rings is 1. The van der Waals surface area contributed by atoms with Crippen LogP contribution in [-0.2, 0) is 13.0 Å². The number of hydrogen-bond acceptors (Lipinski definition) is 4. The second-order valence-corrected chi connectivity index (χ2v) is 4.15. The van der Waals surface area contributed by atoms with Gasteiger partial charge < -0.3 is 14.7 Å². The Morgan fingerprint density at radius 3 is 2.83 bits per heavy atom. The van der Waals surface area contributed by atoms with Crippen LogP contribution in [0.15, 0.2) is 39.3 Å². The van der Waals surface area contributed by atoms with E-state index in [2.05, 4.69) is 18.1 Å². The molecule has 4 nitrogen and oxygen atoms in total. The molecule has 0 atom stereocenters. The zero-order valence-corrected chi connectivity index (χ0v) is 10.1. The summed E-state index contributed by atoms with van der Waals surface area (Å²) in [5.74, 6) is 1.40.